The van der Waals surface area contributed by atoms with Crippen LogP contribution >= 0.6 is 11.3 Å². The van der Waals surface area contributed by atoms with Crippen molar-refractivity contribution in [2.24, 2.45) is 5.73 Å². The number of likely N-dealkylation sites (tertiary alicyclic amines) is 1. The van der Waals surface area contributed by atoms with Crippen LogP contribution < -0.4 is 5.73 Å². The maximum atomic E-state index is 5.82. The van der Waals surface area contributed by atoms with E-state index in [9.17, 15) is 0 Å². The Morgan fingerprint density at radius 2 is 2.20 bits per heavy atom. The van der Waals surface area contributed by atoms with Gasteiger partial charge in [-0.25, -0.2) is 4.98 Å². The lowest BCUT2D eigenvalue weighted by Crippen LogP contribution is -2.29. The van der Waals surface area contributed by atoms with Gasteiger partial charge in [0.05, 0.1) is 11.7 Å². The molecule has 1 aliphatic rings. The summed E-state index contributed by atoms with van der Waals surface area (Å²) in [4.78, 5) is 7.02. The molecule has 1 aromatic rings. The van der Waals surface area contributed by atoms with Crippen LogP contribution in [0.25, 0.3) is 0 Å². The molecular formula is C11H19N3S. The van der Waals surface area contributed by atoms with Crippen molar-refractivity contribution in [2.75, 3.05) is 20.1 Å². The summed E-state index contributed by atoms with van der Waals surface area (Å²) in [5, 5.41) is 3.26. The van der Waals surface area contributed by atoms with Crippen LogP contribution in [-0.4, -0.2) is 30.0 Å². The van der Waals surface area contributed by atoms with Gasteiger partial charge >= 0.3 is 0 Å². The van der Waals surface area contributed by atoms with E-state index in [4.69, 9.17) is 5.73 Å². The average molecular weight is 225 g/mol. The molecule has 1 unspecified atom stereocenters. The first kappa shape index (κ1) is 11.0. The summed E-state index contributed by atoms with van der Waals surface area (Å²) < 4.78 is 0. The first-order valence-corrected chi connectivity index (χ1v) is 6.44. The van der Waals surface area contributed by atoms with E-state index in [1.165, 1.54) is 31.6 Å². The molecule has 0 aliphatic carbocycles. The highest BCUT2D eigenvalue weighted by atomic mass is 32.1. The van der Waals surface area contributed by atoms with Gasteiger partial charge in [-0.1, -0.05) is 0 Å². The summed E-state index contributed by atoms with van der Waals surface area (Å²) >= 11 is 1.70. The Balaban J connectivity index is 2.03. The molecule has 0 amide bonds. The highest BCUT2D eigenvalue weighted by Crippen LogP contribution is 2.29. The van der Waals surface area contributed by atoms with Crippen LogP contribution in [0.1, 0.15) is 42.4 Å². The molecule has 1 aromatic heterocycles. The van der Waals surface area contributed by atoms with Crippen LogP contribution in [0.2, 0.25) is 0 Å². The Morgan fingerprint density at radius 1 is 1.53 bits per heavy atom. The molecule has 1 aliphatic heterocycles. The third kappa shape index (κ3) is 2.56. The van der Waals surface area contributed by atoms with Crippen molar-refractivity contribution in [2.45, 2.75) is 31.7 Å². The molecule has 1 saturated heterocycles. The van der Waals surface area contributed by atoms with Crippen LogP contribution in [0.3, 0.4) is 0 Å². The highest BCUT2D eigenvalue weighted by molar-refractivity contribution is 7.09. The van der Waals surface area contributed by atoms with Crippen LogP contribution in [0.15, 0.2) is 5.38 Å². The first-order chi connectivity index (χ1) is 7.16. The van der Waals surface area contributed by atoms with Crippen LogP contribution in [0.5, 0.6) is 0 Å². The number of nitrogens with zero attached hydrogens (tertiary/aromatic N) is 2. The summed E-state index contributed by atoms with van der Waals surface area (Å²) in [5.41, 5.74) is 7.08. The Hall–Kier alpha value is -0.450. The number of hydrogen-bond donors (Lipinski definition) is 1. The molecule has 2 heterocycles. The van der Waals surface area contributed by atoms with Gasteiger partial charge < -0.3 is 10.6 Å². The predicted molar refractivity (Wildman–Crippen MR) is 64.2 cm³/mol. The van der Waals surface area contributed by atoms with Gasteiger partial charge in [-0.05, 0) is 39.9 Å². The summed E-state index contributed by atoms with van der Waals surface area (Å²) in [7, 11) is 2.19. The molecule has 2 N–H and O–H groups in total. The van der Waals surface area contributed by atoms with Gasteiger partial charge in [-0.3, -0.25) is 0 Å². The van der Waals surface area contributed by atoms with Gasteiger partial charge in [0.1, 0.15) is 5.01 Å². The molecule has 0 bridgehead atoms. The zero-order valence-corrected chi connectivity index (χ0v) is 10.3. The van der Waals surface area contributed by atoms with E-state index in [-0.39, 0.29) is 6.04 Å². The highest BCUT2D eigenvalue weighted by Gasteiger charge is 2.20. The molecule has 3 nitrogen and oxygen atoms in total. The number of thiazole rings is 1. The zero-order valence-electron chi connectivity index (χ0n) is 9.44. The number of rotatable bonds is 2. The Morgan fingerprint density at radius 3 is 2.73 bits per heavy atom. The second-order valence-electron chi connectivity index (χ2n) is 4.48. The molecule has 0 radical (unpaired) electrons. The van der Waals surface area contributed by atoms with E-state index >= 15 is 0 Å². The van der Waals surface area contributed by atoms with Crippen molar-refractivity contribution in [3.63, 3.8) is 0 Å². The Bertz CT molecular complexity index is 313. The van der Waals surface area contributed by atoms with E-state index < -0.39 is 0 Å². The molecule has 1 atom stereocenters. The molecule has 4 heteroatoms. The largest absolute Gasteiger partial charge is 0.322 e. The third-order valence-corrected chi connectivity index (χ3v) is 4.13. The minimum atomic E-state index is 0.0787. The predicted octanol–water partition coefficient (Wildman–Crippen LogP) is 1.97. The second-order valence-corrected chi connectivity index (χ2v) is 5.37. The van der Waals surface area contributed by atoms with Gasteiger partial charge in [0.25, 0.3) is 0 Å². The summed E-state index contributed by atoms with van der Waals surface area (Å²) in [6.07, 6.45) is 2.47. The monoisotopic (exact) mass is 225 g/mol. The van der Waals surface area contributed by atoms with Crippen molar-refractivity contribution >= 4 is 11.3 Å². The van der Waals surface area contributed by atoms with Crippen molar-refractivity contribution in [1.29, 1.82) is 0 Å². The van der Waals surface area contributed by atoms with Gasteiger partial charge in [0.15, 0.2) is 0 Å². The summed E-state index contributed by atoms with van der Waals surface area (Å²) in [6.45, 7) is 4.38. The van der Waals surface area contributed by atoms with Crippen LogP contribution in [0.4, 0.5) is 0 Å². The fourth-order valence-electron chi connectivity index (χ4n) is 2.00. The number of piperidine rings is 1. The summed E-state index contributed by atoms with van der Waals surface area (Å²) in [6, 6.07) is 0.0787. The fraction of sp³-hybridized carbons (Fsp3) is 0.727. The van der Waals surface area contributed by atoms with Gasteiger partial charge in [-0.2, -0.15) is 0 Å². The number of aromatic nitrogens is 1. The molecule has 84 valence electrons. The SMILES string of the molecule is CC(N)c1nc(C2CCN(C)CC2)cs1. The molecule has 0 spiro atoms. The van der Waals surface area contributed by atoms with Crippen LogP contribution in [-0.2, 0) is 0 Å². The third-order valence-electron chi connectivity index (χ3n) is 3.07. The maximum absolute atomic E-state index is 5.82. The van der Waals surface area contributed by atoms with E-state index in [2.05, 4.69) is 22.3 Å². The van der Waals surface area contributed by atoms with Crippen LogP contribution in [0, 0.1) is 0 Å². The first-order valence-electron chi connectivity index (χ1n) is 5.56. The molecule has 1 fully saturated rings. The van der Waals surface area contributed by atoms with E-state index in [0.29, 0.717) is 5.92 Å². The second kappa shape index (κ2) is 4.60. The van der Waals surface area contributed by atoms with E-state index in [1.54, 1.807) is 11.3 Å². The smallest absolute Gasteiger partial charge is 0.109 e. The summed E-state index contributed by atoms with van der Waals surface area (Å²) in [5.74, 6) is 0.657. The lowest BCUT2D eigenvalue weighted by Gasteiger charge is -2.27. The van der Waals surface area contributed by atoms with Crippen molar-refractivity contribution in [3.8, 4) is 0 Å². The minimum absolute atomic E-state index is 0.0787. The van der Waals surface area contributed by atoms with E-state index in [1.807, 2.05) is 6.92 Å². The standard InChI is InChI=1S/C11H19N3S/c1-8(12)11-13-10(7-15-11)9-3-5-14(2)6-4-9/h7-9H,3-6,12H2,1-2H3. The Kier molecular flexibility index (Phi) is 3.38. The zero-order chi connectivity index (χ0) is 10.8. The molecule has 15 heavy (non-hydrogen) atoms. The molecular weight excluding hydrogens is 206 g/mol. The van der Waals surface area contributed by atoms with E-state index in [0.717, 1.165) is 5.01 Å². The lowest BCUT2D eigenvalue weighted by atomic mass is 9.94. The molecule has 0 saturated carbocycles. The van der Waals surface area contributed by atoms with Gasteiger partial charge in [-0.15, -0.1) is 11.3 Å². The molecule has 0 aromatic carbocycles. The Labute approximate surface area is 95.3 Å². The number of hydrogen-bond acceptors (Lipinski definition) is 4. The molecule has 2 rings (SSSR count). The van der Waals surface area contributed by atoms with Crippen molar-refractivity contribution < 1.29 is 0 Å². The minimum Gasteiger partial charge on any atom is -0.322 e. The number of nitrogens with two attached hydrogens (primary N) is 1. The topological polar surface area (TPSA) is 42.1 Å². The quantitative estimate of drug-likeness (QED) is 0.836. The van der Waals surface area contributed by atoms with Crippen molar-refractivity contribution in [1.82, 2.24) is 9.88 Å². The lowest BCUT2D eigenvalue weighted by molar-refractivity contribution is 0.253. The van der Waals surface area contributed by atoms with Gasteiger partial charge in [0.2, 0.25) is 0 Å². The normalized spacial score (nSPS) is 21.8. The fourth-order valence-corrected chi connectivity index (χ4v) is 2.86. The van der Waals surface area contributed by atoms with Gasteiger partial charge in [0, 0.05) is 11.3 Å². The maximum Gasteiger partial charge on any atom is 0.109 e. The average Bonchev–Trinajstić information content (AvgIpc) is 2.68. The van der Waals surface area contributed by atoms with Crippen molar-refractivity contribution in [3.05, 3.63) is 16.1 Å².